The van der Waals surface area contributed by atoms with Crippen molar-refractivity contribution >= 4 is 17.9 Å². The molecule has 276 valence electrons. The number of hydrogen-bond donors (Lipinski definition) is 0. The third kappa shape index (κ3) is 29.9. The topological polar surface area (TPSA) is 102 Å². The molecule has 0 fully saturated rings. The van der Waals surface area contributed by atoms with Crippen LogP contribution in [0.25, 0.3) is 0 Å². The average Bonchev–Trinajstić information content (AvgIpc) is 3.01. The highest BCUT2D eigenvalue weighted by atomic mass is 16.6. The summed E-state index contributed by atoms with van der Waals surface area (Å²) in [5.74, 6) is -1.79. The quantitative estimate of drug-likeness (QED) is 0.0295. The van der Waals surface area contributed by atoms with E-state index in [4.69, 9.17) is 14.2 Å². The molecule has 0 aliphatic carbocycles. The average molecular weight is 668 g/mol. The molecule has 0 aliphatic heterocycles. The molecule has 0 saturated carbocycles. The first-order valence-corrected chi connectivity index (χ1v) is 19.2. The molecular weight excluding hydrogens is 594 g/mol. The normalized spacial score (nSPS) is 13.1. The molecule has 47 heavy (non-hydrogen) atoms. The minimum Gasteiger partial charge on any atom is -0.544 e. The predicted octanol–water partition coefficient (Wildman–Crippen LogP) is 8.24. The second-order valence-electron chi connectivity index (χ2n) is 14.2. The zero-order valence-corrected chi connectivity index (χ0v) is 31.2. The Labute approximate surface area is 289 Å². The van der Waals surface area contributed by atoms with Crippen LogP contribution in [0, 0.1) is 0 Å². The van der Waals surface area contributed by atoms with Crippen LogP contribution in [0.4, 0.5) is 0 Å². The predicted molar refractivity (Wildman–Crippen MR) is 190 cm³/mol. The fourth-order valence-corrected chi connectivity index (χ4v) is 5.62. The molecule has 0 aromatic rings. The molecule has 0 N–H and O–H groups in total. The number of carbonyl (C=O) groups excluding carboxylic acids is 3. The summed E-state index contributed by atoms with van der Waals surface area (Å²) in [4.78, 5) is 36.5. The van der Waals surface area contributed by atoms with Gasteiger partial charge in [0.25, 0.3) is 0 Å². The highest BCUT2D eigenvalue weighted by molar-refractivity contribution is 5.70. The van der Waals surface area contributed by atoms with Crippen LogP contribution < -0.4 is 5.11 Å². The number of nitrogens with zero attached hydrogens (tertiary/aromatic N) is 1. The van der Waals surface area contributed by atoms with Gasteiger partial charge in [-0.05, 0) is 25.7 Å². The number of carboxylic acids is 1. The Morgan fingerprint density at radius 2 is 1.11 bits per heavy atom. The molecule has 0 aliphatic rings. The Morgan fingerprint density at radius 3 is 1.62 bits per heavy atom. The SMILES string of the molecule is CCCCCC/C=C/CCC(=O)OCC(COCCC(C(=O)[O-])[N+](C)(C)C)OC(=O)CCCCCCCCCCCCCCCCC. The van der Waals surface area contributed by atoms with E-state index in [1.54, 1.807) is 21.1 Å². The van der Waals surface area contributed by atoms with Crippen molar-refractivity contribution in [3.63, 3.8) is 0 Å². The summed E-state index contributed by atoms with van der Waals surface area (Å²) >= 11 is 0. The molecule has 0 heterocycles. The number of carboxylic acid groups (broad SMARTS) is 1. The summed E-state index contributed by atoms with van der Waals surface area (Å²) in [6, 6.07) is -0.723. The molecule has 0 aromatic heterocycles. The van der Waals surface area contributed by atoms with Crippen molar-refractivity contribution in [1.29, 1.82) is 0 Å². The number of hydrogen-bond acceptors (Lipinski definition) is 7. The summed E-state index contributed by atoms with van der Waals surface area (Å²) < 4.78 is 17.0. The van der Waals surface area contributed by atoms with Gasteiger partial charge in [-0.3, -0.25) is 9.59 Å². The van der Waals surface area contributed by atoms with Gasteiger partial charge < -0.3 is 28.6 Å². The number of esters is 2. The van der Waals surface area contributed by atoms with Gasteiger partial charge in [-0.1, -0.05) is 135 Å². The summed E-state index contributed by atoms with van der Waals surface area (Å²) in [5.41, 5.74) is 0. The van der Waals surface area contributed by atoms with E-state index in [1.165, 1.54) is 103 Å². The highest BCUT2D eigenvalue weighted by Gasteiger charge is 2.25. The van der Waals surface area contributed by atoms with Crippen LogP contribution in [0.3, 0.4) is 0 Å². The lowest BCUT2D eigenvalue weighted by molar-refractivity contribution is -0.889. The molecule has 2 unspecified atom stereocenters. The lowest BCUT2D eigenvalue weighted by atomic mass is 10.0. The number of carbonyl (C=O) groups is 3. The number of rotatable bonds is 34. The standard InChI is InChI=1S/C39H73NO7/c1-6-8-10-12-14-16-17-18-19-20-21-22-24-26-28-30-38(42)47-35(33-45-32-31-36(39(43)44)40(3,4)5)34-46-37(41)29-27-25-23-15-13-11-9-7-2/h23,25,35-36H,6-22,24,26-34H2,1-5H3/b25-23+. The van der Waals surface area contributed by atoms with E-state index in [0.29, 0.717) is 12.8 Å². The van der Waals surface area contributed by atoms with E-state index in [1.807, 2.05) is 6.08 Å². The number of allylic oxidation sites excluding steroid dienone is 2. The molecule has 2 atom stereocenters. The van der Waals surface area contributed by atoms with Crippen LogP contribution in [0.15, 0.2) is 12.2 Å². The molecular formula is C39H73NO7. The Morgan fingerprint density at radius 1 is 0.617 bits per heavy atom. The molecule has 0 spiro atoms. The van der Waals surface area contributed by atoms with E-state index >= 15 is 0 Å². The van der Waals surface area contributed by atoms with Crippen LogP contribution in [0.2, 0.25) is 0 Å². The fourth-order valence-electron chi connectivity index (χ4n) is 5.62. The lowest BCUT2D eigenvalue weighted by Gasteiger charge is -2.34. The molecule has 0 radical (unpaired) electrons. The third-order valence-electron chi connectivity index (χ3n) is 8.67. The van der Waals surface area contributed by atoms with Gasteiger partial charge in [0, 0.05) is 19.3 Å². The minimum atomic E-state index is -1.13. The van der Waals surface area contributed by atoms with Crippen LogP contribution in [-0.2, 0) is 28.6 Å². The highest BCUT2D eigenvalue weighted by Crippen LogP contribution is 2.14. The van der Waals surface area contributed by atoms with Crippen molar-refractivity contribution in [3.05, 3.63) is 12.2 Å². The summed E-state index contributed by atoms with van der Waals surface area (Å²) in [5, 5.41) is 11.6. The number of aliphatic carboxylic acids is 1. The van der Waals surface area contributed by atoms with Crippen LogP contribution in [0.5, 0.6) is 0 Å². The monoisotopic (exact) mass is 668 g/mol. The van der Waals surface area contributed by atoms with Gasteiger partial charge in [0.15, 0.2) is 6.10 Å². The lowest BCUT2D eigenvalue weighted by Crippen LogP contribution is -2.55. The van der Waals surface area contributed by atoms with Gasteiger partial charge >= 0.3 is 11.9 Å². The second-order valence-corrected chi connectivity index (χ2v) is 14.2. The van der Waals surface area contributed by atoms with Crippen LogP contribution >= 0.6 is 0 Å². The smallest absolute Gasteiger partial charge is 0.306 e. The number of ether oxygens (including phenoxy) is 3. The summed E-state index contributed by atoms with van der Waals surface area (Å²) in [7, 11) is 5.39. The molecule has 0 aromatic carbocycles. The molecule has 0 bridgehead atoms. The summed E-state index contributed by atoms with van der Waals surface area (Å²) in [6.07, 6.45) is 29.7. The molecule has 0 saturated heterocycles. The van der Waals surface area contributed by atoms with E-state index in [2.05, 4.69) is 19.9 Å². The van der Waals surface area contributed by atoms with Crippen molar-refractivity contribution in [1.82, 2.24) is 0 Å². The minimum absolute atomic E-state index is 0.0342. The van der Waals surface area contributed by atoms with Gasteiger partial charge in [-0.2, -0.15) is 0 Å². The maximum absolute atomic E-state index is 12.6. The first-order valence-electron chi connectivity index (χ1n) is 19.2. The van der Waals surface area contributed by atoms with Gasteiger partial charge in [-0.25, -0.2) is 0 Å². The van der Waals surface area contributed by atoms with E-state index in [-0.39, 0.29) is 49.1 Å². The second kappa shape index (κ2) is 31.3. The number of unbranched alkanes of at least 4 members (excludes halogenated alkanes) is 18. The van der Waals surface area contributed by atoms with Crippen molar-refractivity contribution < 1.29 is 38.2 Å². The molecule has 8 nitrogen and oxygen atoms in total. The van der Waals surface area contributed by atoms with E-state index in [9.17, 15) is 19.5 Å². The maximum Gasteiger partial charge on any atom is 0.306 e. The number of likely N-dealkylation sites (N-methyl/N-ethyl adjacent to an activating group) is 1. The fraction of sp³-hybridized carbons (Fsp3) is 0.872. The molecule has 0 rings (SSSR count). The van der Waals surface area contributed by atoms with Gasteiger partial charge in [0.2, 0.25) is 0 Å². The zero-order valence-electron chi connectivity index (χ0n) is 31.2. The van der Waals surface area contributed by atoms with Gasteiger partial charge in [-0.15, -0.1) is 0 Å². The Bertz CT molecular complexity index is 793. The van der Waals surface area contributed by atoms with Crippen LogP contribution in [0.1, 0.15) is 168 Å². The van der Waals surface area contributed by atoms with E-state index < -0.39 is 18.1 Å². The Hall–Kier alpha value is -1.93. The van der Waals surface area contributed by atoms with Crippen molar-refractivity contribution in [2.75, 3.05) is 41.0 Å². The van der Waals surface area contributed by atoms with Crippen molar-refractivity contribution in [2.24, 2.45) is 0 Å². The van der Waals surface area contributed by atoms with Gasteiger partial charge in [0.05, 0.1) is 40.3 Å². The van der Waals surface area contributed by atoms with Crippen molar-refractivity contribution in [3.8, 4) is 0 Å². The summed E-state index contributed by atoms with van der Waals surface area (Å²) in [6.45, 7) is 4.57. The molecule has 0 amide bonds. The first-order chi connectivity index (χ1) is 22.6. The number of quaternary nitrogens is 1. The van der Waals surface area contributed by atoms with E-state index in [0.717, 1.165) is 25.7 Å². The Kier molecular flexibility index (Phi) is 30.1. The molecule has 8 heteroatoms. The first kappa shape index (κ1) is 45.1. The van der Waals surface area contributed by atoms with Gasteiger partial charge in [0.1, 0.15) is 12.6 Å². The largest absolute Gasteiger partial charge is 0.544 e. The third-order valence-corrected chi connectivity index (χ3v) is 8.67. The van der Waals surface area contributed by atoms with Crippen molar-refractivity contribution in [2.45, 2.75) is 180 Å². The Balaban J connectivity index is 4.38. The van der Waals surface area contributed by atoms with Crippen LogP contribution in [-0.4, -0.2) is 75.5 Å². The zero-order chi connectivity index (χ0) is 35.0. The maximum atomic E-state index is 12.6.